The lowest BCUT2D eigenvalue weighted by atomic mass is 9.72. The van der Waals surface area contributed by atoms with E-state index in [-0.39, 0.29) is 34.9 Å². The second-order valence-electron chi connectivity index (χ2n) is 9.31. The van der Waals surface area contributed by atoms with Crippen molar-refractivity contribution in [2.24, 2.45) is 5.41 Å². The van der Waals surface area contributed by atoms with Gasteiger partial charge in [-0.05, 0) is 54.3 Å². The lowest BCUT2D eigenvalue weighted by Gasteiger charge is -2.35. The molecular weight excluding hydrogens is 507 g/mol. The van der Waals surface area contributed by atoms with Gasteiger partial charge in [0.05, 0.1) is 16.2 Å². The highest BCUT2D eigenvalue weighted by Gasteiger charge is 2.72. The fourth-order valence-corrected chi connectivity index (χ4v) is 6.02. The highest BCUT2D eigenvalue weighted by atomic mass is 35.5. The minimum atomic E-state index is -5.49. The number of alkyl halides is 3. The first-order valence-electron chi connectivity index (χ1n) is 10.4. The zero-order chi connectivity index (χ0) is 26.0. The van der Waals surface area contributed by atoms with Gasteiger partial charge < -0.3 is 5.73 Å². The molecule has 4 rings (SSSR count). The Labute approximate surface area is 204 Å². The van der Waals surface area contributed by atoms with Gasteiger partial charge in [-0.15, -0.1) is 0 Å². The summed E-state index contributed by atoms with van der Waals surface area (Å²) < 4.78 is 72.4. The van der Waals surface area contributed by atoms with Gasteiger partial charge >= 0.3 is 6.18 Å². The van der Waals surface area contributed by atoms with Gasteiger partial charge in [-0.2, -0.15) is 17.9 Å². The predicted molar refractivity (Wildman–Crippen MR) is 124 cm³/mol. The normalized spacial score (nSPS) is 22.5. The Balaban J connectivity index is 1.99. The van der Waals surface area contributed by atoms with Crippen LogP contribution in [0.3, 0.4) is 0 Å². The molecular formula is C23H21ClF3N3O4S. The Kier molecular flexibility index (Phi) is 5.81. The number of Topliss-reactive ketones (excluding diaryl/α,β-unsaturated/α-hetero) is 1. The molecule has 7 nitrogen and oxygen atoms in total. The van der Waals surface area contributed by atoms with Crippen LogP contribution in [0.4, 0.5) is 24.5 Å². The average molecular weight is 528 g/mol. The van der Waals surface area contributed by atoms with Crippen LogP contribution >= 0.6 is 11.6 Å². The molecule has 0 bridgehead atoms. The van der Waals surface area contributed by atoms with Gasteiger partial charge in [0.15, 0.2) is 5.78 Å². The van der Waals surface area contributed by atoms with Crippen LogP contribution in [0.1, 0.15) is 26.7 Å². The first-order chi connectivity index (χ1) is 16.1. The number of ketones is 1. The largest absolute Gasteiger partial charge is 0.421 e. The second kappa shape index (κ2) is 8.07. The van der Waals surface area contributed by atoms with Crippen molar-refractivity contribution in [2.75, 3.05) is 10.6 Å². The van der Waals surface area contributed by atoms with Crippen molar-refractivity contribution < 1.29 is 31.2 Å². The first-order valence-corrected chi connectivity index (χ1v) is 12.3. The third-order valence-corrected chi connectivity index (χ3v) is 7.69. The third kappa shape index (κ3) is 4.11. The Hall–Kier alpha value is -2.89. The number of amides is 1. The second-order valence-corrected chi connectivity index (χ2v) is 11.4. The van der Waals surface area contributed by atoms with Crippen LogP contribution in [-0.4, -0.2) is 31.8 Å². The Morgan fingerprint density at radius 3 is 2.26 bits per heavy atom. The summed E-state index contributed by atoms with van der Waals surface area (Å²) >= 11 is 6.03. The van der Waals surface area contributed by atoms with Crippen molar-refractivity contribution >= 4 is 44.7 Å². The molecule has 0 radical (unpaired) electrons. The number of benzene rings is 2. The molecule has 186 valence electrons. The van der Waals surface area contributed by atoms with Crippen molar-refractivity contribution in [3.63, 3.8) is 0 Å². The summed E-state index contributed by atoms with van der Waals surface area (Å²) in [7, 11) is -4.94. The van der Waals surface area contributed by atoms with Crippen LogP contribution in [-0.2, 0) is 19.6 Å². The maximum absolute atomic E-state index is 14.9. The number of nitrogens with one attached hydrogen (secondary N) is 1. The van der Waals surface area contributed by atoms with Gasteiger partial charge in [0.2, 0.25) is 15.6 Å². The van der Waals surface area contributed by atoms with E-state index in [1.807, 2.05) is 0 Å². The van der Waals surface area contributed by atoms with Crippen molar-refractivity contribution in [2.45, 2.75) is 43.3 Å². The Morgan fingerprint density at radius 1 is 1.06 bits per heavy atom. The highest BCUT2D eigenvalue weighted by Crippen LogP contribution is 2.53. The molecule has 1 atom stereocenters. The number of nitrogen functional groups attached to an aromatic ring is 1. The number of sulfonamides is 1. The third-order valence-electron chi connectivity index (χ3n) is 5.99. The number of nitrogens with zero attached hydrogens (tertiary/aromatic N) is 1. The summed E-state index contributed by atoms with van der Waals surface area (Å²) in [6.07, 6.45) is -5.87. The molecule has 12 heteroatoms. The van der Waals surface area contributed by atoms with Crippen LogP contribution in [0.15, 0.2) is 64.7 Å². The molecule has 1 amide bonds. The van der Waals surface area contributed by atoms with E-state index in [9.17, 15) is 31.2 Å². The van der Waals surface area contributed by atoms with E-state index < -0.39 is 49.3 Å². The maximum Gasteiger partial charge on any atom is 0.421 e. The van der Waals surface area contributed by atoms with Crippen LogP contribution in [0, 0.1) is 5.41 Å². The topological polar surface area (TPSA) is 110 Å². The van der Waals surface area contributed by atoms with Crippen molar-refractivity contribution in [1.29, 1.82) is 0 Å². The summed E-state index contributed by atoms with van der Waals surface area (Å²) in [6, 6.07) is 9.96. The first kappa shape index (κ1) is 25.2. The number of carbonyl (C=O) groups is 2. The molecule has 0 spiro atoms. The van der Waals surface area contributed by atoms with Gasteiger partial charge in [0.25, 0.3) is 5.91 Å². The van der Waals surface area contributed by atoms with Crippen molar-refractivity contribution in [3.8, 4) is 0 Å². The van der Waals surface area contributed by atoms with E-state index in [2.05, 4.69) is 0 Å². The summed E-state index contributed by atoms with van der Waals surface area (Å²) in [5, 5.41) is 0.144. The fraction of sp³-hybridized carbons (Fsp3) is 0.304. The molecule has 1 aliphatic heterocycles. The number of carbonyl (C=O) groups excluding carboxylic acids is 2. The average Bonchev–Trinajstić information content (AvgIpc) is 2.95. The molecule has 1 heterocycles. The van der Waals surface area contributed by atoms with E-state index in [0.717, 1.165) is 17.0 Å². The van der Waals surface area contributed by atoms with E-state index in [1.165, 1.54) is 36.4 Å². The van der Waals surface area contributed by atoms with Gasteiger partial charge in [0, 0.05) is 22.8 Å². The molecule has 3 N–H and O–H groups in total. The molecule has 0 aromatic heterocycles. The monoisotopic (exact) mass is 527 g/mol. The molecule has 2 aliphatic rings. The van der Waals surface area contributed by atoms with Crippen LogP contribution < -0.4 is 15.4 Å². The molecule has 1 unspecified atom stereocenters. The Morgan fingerprint density at radius 2 is 1.69 bits per heavy atom. The molecule has 2 aromatic rings. The van der Waals surface area contributed by atoms with E-state index in [4.69, 9.17) is 17.3 Å². The minimum Gasteiger partial charge on any atom is -0.399 e. The fourth-order valence-electron chi connectivity index (χ4n) is 4.51. The summed E-state index contributed by atoms with van der Waals surface area (Å²) in [5.74, 6) is -2.62. The number of anilines is 2. The van der Waals surface area contributed by atoms with Crippen LogP contribution in [0.5, 0.6) is 0 Å². The molecule has 0 saturated carbocycles. The van der Waals surface area contributed by atoms with Crippen molar-refractivity contribution in [1.82, 2.24) is 4.72 Å². The molecule has 0 saturated heterocycles. The minimum absolute atomic E-state index is 0.0155. The number of hydrogen-bond donors (Lipinski definition) is 2. The number of hydrogen-bond acceptors (Lipinski definition) is 5. The zero-order valence-electron chi connectivity index (χ0n) is 18.6. The molecule has 0 fully saturated rings. The van der Waals surface area contributed by atoms with Gasteiger partial charge in [0.1, 0.15) is 0 Å². The molecule has 1 aliphatic carbocycles. The predicted octanol–water partition coefficient (Wildman–Crippen LogP) is 4.19. The number of allylic oxidation sites excluding steroid dienone is 1. The van der Waals surface area contributed by atoms with Gasteiger partial charge in [-0.3, -0.25) is 14.5 Å². The number of nitrogens with two attached hydrogens (primary N) is 1. The SMILES string of the molecule is CC1(C)CC(=O)C2=C(C1)N(c1cccc(Cl)c1)C(=O)C2(NS(=O)(=O)c1ccc(N)cc1)C(F)(F)F. The van der Waals surface area contributed by atoms with Crippen LogP contribution in [0.2, 0.25) is 5.02 Å². The van der Waals surface area contributed by atoms with Gasteiger partial charge in [-0.1, -0.05) is 31.5 Å². The maximum atomic E-state index is 14.9. The Bertz CT molecular complexity index is 1370. The standard InChI is InChI=1S/C23H21ClF3N3O4S/c1-21(2)11-17-19(18(31)12-21)22(23(25,26)27,20(32)30(17)15-5-3-4-13(24)10-15)29-35(33,34)16-8-6-14(28)7-9-16/h3-10,29H,11-12,28H2,1-2H3. The molecule has 2 aromatic carbocycles. The smallest absolute Gasteiger partial charge is 0.399 e. The van der Waals surface area contributed by atoms with E-state index in [0.29, 0.717) is 0 Å². The van der Waals surface area contributed by atoms with E-state index in [1.54, 1.807) is 18.6 Å². The zero-order valence-corrected chi connectivity index (χ0v) is 20.2. The lowest BCUT2D eigenvalue weighted by Crippen LogP contribution is -2.66. The molecule has 35 heavy (non-hydrogen) atoms. The summed E-state index contributed by atoms with van der Waals surface area (Å²) in [5.41, 5.74) is 0.00120. The van der Waals surface area contributed by atoms with Crippen molar-refractivity contribution in [3.05, 3.63) is 64.8 Å². The number of halogens is 4. The highest BCUT2D eigenvalue weighted by molar-refractivity contribution is 7.89. The summed E-state index contributed by atoms with van der Waals surface area (Å²) in [4.78, 5) is 27.1. The van der Waals surface area contributed by atoms with Crippen LogP contribution in [0.25, 0.3) is 0 Å². The van der Waals surface area contributed by atoms with E-state index >= 15 is 0 Å². The number of rotatable bonds is 4. The quantitative estimate of drug-likeness (QED) is 0.579. The lowest BCUT2D eigenvalue weighted by molar-refractivity contribution is -0.184. The van der Waals surface area contributed by atoms with Gasteiger partial charge in [-0.25, -0.2) is 8.42 Å². The summed E-state index contributed by atoms with van der Waals surface area (Å²) in [6.45, 7) is 3.36.